The average molecular weight is 350 g/mol. The summed E-state index contributed by atoms with van der Waals surface area (Å²) in [5.74, 6) is 0.461. The van der Waals surface area contributed by atoms with E-state index in [0.29, 0.717) is 30.2 Å². The molecule has 7 heteroatoms. The number of imide groups is 1. The Hall–Kier alpha value is -1.79. The van der Waals surface area contributed by atoms with Crippen molar-refractivity contribution in [2.75, 3.05) is 12.3 Å². The van der Waals surface area contributed by atoms with Gasteiger partial charge in [-0.25, -0.2) is 4.98 Å². The Labute approximate surface area is 143 Å². The van der Waals surface area contributed by atoms with Gasteiger partial charge in [0, 0.05) is 42.6 Å². The molecule has 0 N–H and O–H groups in total. The molecule has 0 atom stereocenters. The Morgan fingerprint density at radius 1 is 1.26 bits per heavy atom. The first kappa shape index (κ1) is 16.1. The third kappa shape index (κ3) is 3.28. The van der Waals surface area contributed by atoms with Gasteiger partial charge in [-0.3, -0.25) is 19.1 Å². The number of carbonyl (C=O) groups excluding carboxylic acids is 2. The van der Waals surface area contributed by atoms with Crippen LogP contribution in [0.1, 0.15) is 18.4 Å². The van der Waals surface area contributed by atoms with Crippen molar-refractivity contribution in [1.82, 2.24) is 14.5 Å². The first-order chi connectivity index (χ1) is 11.1. The van der Waals surface area contributed by atoms with Gasteiger partial charge in [0.25, 0.3) is 0 Å². The Balaban J connectivity index is 1.71. The molecule has 5 nitrogen and oxygen atoms in total. The van der Waals surface area contributed by atoms with Crippen LogP contribution in [0.15, 0.2) is 35.7 Å². The van der Waals surface area contributed by atoms with Gasteiger partial charge in [-0.05, 0) is 24.6 Å². The summed E-state index contributed by atoms with van der Waals surface area (Å²) in [6.07, 6.45) is 4.28. The third-order valence-electron chi connectivity index (χ3n) is 3.81. The highest BCUT2D eigenvalue weighted by atomic mass is 35.5. The van der Waals surface area contributed by atoms with Gasteiger partial charge in [0.15, 0.2) is 5.16 Å². The van der Waals surface area contributed by atoms with Crippen LogP contribution in [0.4, 0.5) is 0 Å². The number of nitrogens with zero attached hydrogens (tertiary/aromatic N) is 3. The van der Waals surface area contributed by atoms with Crippen molar-refractivity contribution in [3.63, 3.8) is 0 Å². The van der Waals surface area contributed by atoms with Crippen LogP contribution in [-0.4, -0.2) is 38.6 Å². The number of benzene rings is 1. The minimum absolute atomic E-state index is 0.0790. The lowest BCUT2D eigenvalue weighted by atomic mass is 10.2. The van der Waals surface area contributed by atoms with E-state index >= 15 is 0 Å². The lowest BCUT2D eigenvalue weighted by Gasteiger charge is -2.14. The Bertz CT molecular complexity index is 744. The number of likely N-dealkylation sites (tertiary alicyclic amines) is 1. The summed E-state index contributed by atoms with van der Waals surface area (Å²) in [4.78, 5) is 28.9. The van der Waals surface area contributed by atoms with Gasteiger partial charge in [0.1, 0.15) is 0 Å². The number of hydrogen-bond donors (Lipinski definition) is 0. The molecule has 3 rings (SSSR count). The molecule has 0 spiro atoms. The van der Waals surface area contributed by atoms with E-state index in [1.807, 2.05) is 35.9 Å². The zero-order chi connectivity index (χ0) is 16.4. The summed E-state index contributed by atoms with van der Waals surface area (Å²) in [5.41, 5.74) is 1.96. The number of hydrogen-bond acceptors (Lipinski definition) is 4. The summed E-state index contributed by atoms with van der Waals surface area (Å²) < 4.78 is 1.97. The van der Waals surface area contributed by atoms with E-state index in [1.165, 1.54) is 16.7 Å². The molecule has 0 aliphatic carbocycles. The molecular formula is C16H16ClN3O2S. The summed E-state index contributed by atoms with van der Waals surface area (Å²) in [6.45, 7) is 2.39. The number of imidazole rings is 1. The molecule has 23 heavy (non-hydrogen) atoms. The van der Waals surface area contributed by atoms with E-state index in [1.54, 1.807) is 6.20 Å². The Morgan fingerprint density at radius 3 is 2.74 bits per heavy atom. The number of carbonyl (C=O) groups is 2. The van der Waals surface area contributed by atoms with Crippen molar-refractivity contribution in [2.45, 2.75) is 24.9 Å². The van der Waals surface area contributed by atoms with E-state index in [4.69, 9.17) is 11.6 Å². The lowest BCUT2D eigenvalue weighted by molar-refractivity contribution is -0.137. The lowest BCUT2D eigenvalue weighted by Crippen LogP contribution is -2.31. The van der Waals surface area contributed by atoms with Crippen LogP contribution in [0.25, 0.3) is 5.69 Å². The second kappa shape index (κ2) is 6.76. The summed E-state index contributed by atoms with van der Waals surface area (Å²) in [5, 5.41) is 1.52. The maximum atomic E-state index is 11.6. The zero-order valence-corrected chi connectivity index (χ0v) is 14.2. The highest BCUT2D eigenvalue weighted by molar-refractivity contribution is 7.99. The molecule has 1 aromatic carbocycles. The molecule has 1 aromatic heterocycles. The fourth-order valence-electron chi connectivity index (χ4n) is 2.54. The van der Waals surface area contributed by atoms with E-state index in [0.717, 1.165) is 16.4 Å². The highest BCUT2D eigenvalue weighted by Gasteiger charge is 2.28. The first-order valence-electron chi connectivity index (χ1n) is 7.33. The van der Waals surface area contributed by atoms with Gasteiger partial charge in [-0.2, -0.15) is 0 Å². The number of aromatic nitrogens is 2. The van der Waals surface area contributed by atoms with Gasteiger partial charge in [-0.1, -0.05) is 29.4 Å². The first-order valence-corrected chi connectivity index (χ1v) is 8.69. The fourth-order valence-corrected chi connectivity index (χ4v) is 3.60. The maximum Gasteiger partial charge on any atom is 0.229 e. The van der Waals surface area contributed by atoms with Crippen molar-refractivity contribution in [2.24, 2.45) is 0 Å². The summed E-state index contributed by atoms with van der Waals surface area (Å²) in [7, 11) is 0. The minimum atomic E-state index is -0.0790. The zero-order valence-electron chi connectivity index (χ0n) is 12.7. The van der Waals surface area contributed by atoms with Crippen LogP contribution in [0, 0.1) is 6.92 Å². The molecular weight excluding hydrogens is 334 g/mol. The number of rotatable bonds is 5. The van der Waals surface area contributed by atoms with Gasteiger partial charge in [0.05, 0.1) is 5.69 Å². The second-order valence-electron chi connectivity index (χ2n) is 5.25. The van der Waals surface area contributed by atoms with Crippen LogP contribution in [0.5, 0.6) is 0 Å². The van der Waals surface area contributed by atoms with Gasteiger partial charge < -0.3 is 0 Å². The Kier molecular flexibility index (Phi) is 4.73. The van der Waals surface area contributed by atoms with Crippen molar-refractivity contribution < 1.29 is 9.59 Å². The van der Waals surface area contributed by atoms with Crippen LogP contribution in [0.2, 0.25) is 5.02 Å². The van der Waals surface area contributed by atoms with Crippen LogP contribution >= 0.6 is 23.4 Å². The smallest absolute Gasteiger partial charge is 0.229 e. The molecule has 2 aromatic rings. The monoisotopic (exact) mass is 349 g/mol. The molecule has 1 aliphatic rings. The molecule has 1 saturated heterocycles. The molecule has 2 amide bonds. The topological polar surface area (TPSA) is 55.2 Å². The van der Waals surface area contributed by atoms with Gasteiger partial charge in [-0.15, -0.1) is 0 Å². The quantitative estimate of drug-likeness (QED) is 0.615. The van der Waals surface area contributed by atoms with Gasteiger partial charge >= 0.3 is 0 Å². The normalized spacial score (nSPS) is 14.8. The molecule has 120 valence electrons. The standard InChI is InChI=1S/C16H16ClN3O2S/c1-11-12(17)3-2-4-13(11)19-8-7-18-16(19)23-10-9-20-14(21)5-6-15(20)22/h2-4,7-8H,5-6,9-10H2,1H3. The highest BCUT2D eigenvalue weighted by Crippen LogP contribution is 2.26. The van der Waals surface area contributed by atoms with E-state index in [9.17, 15) is 9.59 Å². The summed E-state index contributed by atoms with van der Waals surface area (Å²) in [6, 6.07) is 5.75. The molecule has 0 saturated carbocycles. The van der Waals surface area contributed by atoms with Gasteiger partial charge in [0.2, 0.25) is 11.8 Å². The molecule has 1 aliphatic heterocycles. The average Bonchev–Trinajstić information content (AvgIpc) is 3.11. The number of thioether (sulfide) groups is 1. The number of halogens is 1. The third-order valence-corrected chi connectivity index (χ3v) is 5.16. The van der Waals surface area contributed by atoms with Crippen molar-refractivity contribution >= 4 is 35.2 Å². The molecule has 0 unspecified atom stereocenters. The Morgan fingerprint density at radius 2 is 2.00 bits per heavy atom. The van der Waals surface area contributed by atoms with Crippen LogP contribution < -0.4 is 0 Å². The van der Waals surface area contributed by atoms with Crippen molar-refractivity contribution in [3.8, 4) is 5.69 Å². The number of amides is 2. The van der Waals surface area contributed by atoms with Crippen molar-refractivity contribution in [3.05, 3.63) is 41.2 Å². The summed E-state index contributed by atoms with van der Waals surface area (Å²) >= 11 is 7.70. The van der Waals surface area contributed by atoms with E-state index < -0.39 is 0 Å². The SMILES string of the molecule is Cc1c(Cl)cccc1-n1ccnc1SCCN1C(=O)CCC1=O. The predicted octanol–water partition coefficient (Wildman–Crippen LogP) is 3.08. The van der Waals surface area contributed by atoms with Crippen LogP contribution in [0.3, 0.4) is 0 Å². The molecule has 0 bridgehead atoms. The molecule has 1 fully saturated rings. The van der Waals surface area contributed by atoms with Crippen molar-refractivity contribution in [1.29, 1.82) is 0 Å². The van der Waals surface area contributed by atoms with Crippen LogP contribution in [-0.2, 0) is 9.59 Å². The maximum absolute atomic E-state index is 11.6. The molecule has 0 radical (unpaired) electrons. The minimum Gasteiger partial charge on any atom is -0.295 e. The molecule has 2 heterocycles. The largest absolute Gasteiger partial charge is 0.295 e. The van der Waals surface area contributed by atoms with E-state index in [2.05, 4.69) is 4.98 Å². The second-order valence-corrected chi connectivity index (χ2v) is 6.72. The predicted molar refractivity (Wildman–Crippen MR) is 90.0 cm³/mol. The van der Waals surface area contributed by atoms with E-state index in [-0.39, 0.29) is 11.8 Å². The fraction of sp³-hybridized carbons (Fsp3) is 0.312.